The van der Waals surface area contributed by atoms with Crippen LogP contribution in [0, 0.1) is 17.0 Å². The lowest BCUT2D eigenvalue weighted by atomic mass is 10.1. The third-order valence-electron chi connectivity index (χ3n) is 6.14. The van der Waals surface area contributed by atoms with E-state index in [4.69, 9.17) is 21.7 Å². The second kappa shape index (κ2) is 11.3. The van der Waals surface area contributed by atoms with E-state index < -0.39 is 0 Å². The van der Waals surface area contributed by atoms with E-state index in [0.29, 0.717) is 69.0 Å². The quantitative estimate of drug-likeness (QED) is 0.365. The lowest BCUT2D eigenvalue weighted by Crippen LogP contribution is -2.53. The average molecular weight is 500 g/mol. The van der Waals surface area contributed by atoms with Gasteiger partial charge in [0, 0.05) is 51.0 Å². The molecule has 0 unspecified atom stereocenters. The van der Waals surface area contributed by atoms with E-state index in [1.807, 2.05) is 47.1 Å². The molecule has 2 aromatic rings. The van der Waals surface area contributed by atoms with Crippen LogP contribution in [0.15, 0.2) is 42.5 Å². The second-order valence-corrected chi connectivity index (χ2v) is 8.80. The first-order valence-electron chi connectivity index (χ1n) is 11.6. The highest BCUT2D eigenvalue weighted by Crippen LogP contribution is 2.33. The van der Waals surface area contributed by atoms with Crippen molar-refractivity contribution in [1.29, 1.82) is 0 Å². The minimum Gasteiger partial charge on any atom is -0.483 e. The lowest BCUT2D eigenvalue weighted by Gasteiger charge is -2.37. The van der Waals surface area contributed by atoms with Crippen LogP contribution in [0.25, 0.3) is 0 Å². The number of hydrogen-bond acceptors (Lipinski definition) is 8. The standard InChI is InChI=1S/C24H29N5O5S/c1-18-4-2-3-5-22(18)34-17-23(30)25-24(35)28-10-8-26(9-11-28)19-6-7-20(29(31)32)21(16-19)27-12-14-33-15-13-27/h2-7,16H,8-15,17H2,1H3,(H,25,30,35). The summed E-state index contributed by atoms with van der Waals surface area (Å²) < 4.78 is 11.0. The summed E-state index contributed by atoms with van der Waals surface area (Å²) in [6.07, 6.45) is 0. The first-order chi connectivity index (χ1) is 16.9. The number of piperazine rings is 1. The normalized spacial score (nSPS) is 16.1. The fourth-order valence-electron chi connectivity index (χ4n) is 4.18. The van der Waals surface area contributed by atoms with Gasteiger partial charge in [0.1, 0.15) is 11.4 Å². The largest absolute Gasteiger partial charge is 0.483 e. The van der Waals surface area contributed by atoms with E-state index in [9.17, 15) is 14.9 Å². The molecule has 4 rings (SSSR count). The molecule has 2 heterocycles. The van der Waals surface area contributed by atoms with Gasteiger partial charge < -0.3 is 29.5 Å². The third-order valence-corrected chi connectivity index (χ3v) is 6.50. The van der Waals surface area contributed by atoms with Crippen LogP contribution in [0.5, 0.6) is 5.75 Å². The molecule has 2 aliphatic rings. The molecule has 1 amide bonds. The van der Waals surface area contributed by atoms with Gasteiger partial charge in [-0.05, 0) is 42.9 Å². The van der Waals surface area contributed by atoms with Crippen LogP contribution in [-0.4, -0.2) is 79.9 Å². The molecule has 1 N–H and O–H groups in total. The number of nitrogens with one attached hydrogen (secondary N) is 1. The Morgan fingerprint density at radius 1 is 1.09 bits per heavy atom. The molecule has 11 heteroatoms. The zero-order valence-electron chi connectivity index (χ0n) is 19.6. The first kappa shape index (κ1) is 24.7. The molecule has 186 valence electrons. The van der Waals surface area contributed by atoms with Crippen LogP contribution < -0.4 is 19.9 Å². The molecule has 35 heavy (non-hydrogen) atoms. The zero-order chi connectivity index (χ0) is 24.8. The van der Waals surface area contributed by atoms with Crippen LogP contribution in [-0.2, 0) is 9.53 Å². The van der Waals surface area contributed by atoms with Gasteiger partial charge in [0.2, 0.25) is 0 Å². The Morgan fingerprint density at radius 2 is 1.80 bits per heavy atom. The predicted molar refractivity (Wildman–Crippen MR) is 137 cm³/mol. The van der Waals surface area contributed by atoms with Crippen LogP contribution >= 0.6 is 12.2 Å². The van der Waals surface area contributed by atoms with Gasteiger partial charge in [0.25, 0.3) is 11.6 Å². The van der Waals surface area contributed by atoms with E-state index in [2.05, 4.69) is 10.2 Å². The molecule has 0 spiro atoms. The van der Waals surface area contributed by atoms with Crippen molar-refractivity contribution < 1.29 is 19.2 Å². The van der Waals surface area contributed by atoms with E-state index in [1.165, 1.54) is 0 Å². The molecular formula is C24H29N5O5S. The van der Waals surface area contributed by atoms with Crippen molar-refractivity contribution >= 4 is 40.3 Å². The maximum Gasteiger partial charge on any atom is 0.292 e. The molecule has 0 bridgehead atoms. The zero-order valence-corrected chi connectivity index (χ0v) is 20.5. The number of nitro groups is 1. The van der Waals surface area contributed by atoms with Gasteiger partial charge in [-0.3, -0.25) is 14.9 Å². The van der Waals surface area contributed by atoms with Crippen molar-refractivity contribution in [2.75, 3.05) is 68.9 Å². The number of nitro benzene ring substituents is 1. The van der Waals surface area contributed by atoms with Crippen molar-refractivity contribution in [3.05, 3.63) is 58.1 Å². The molecule has 0 saturated carbocycles. The average Bonchev–Trinajstić information content (AvgIpc) is 2.88. The van der Waals surface area contributed by atoms with E-state index in [0.717, 1.165) is 11.3 Å². The molecule has 2 fully saturated rings. The lowest BCUT2D eigenvalue weighted by molar-refractivity contribution is -0.384. The number of nitrogens with zero attached hydrogens (tertiary/aromatic N) is 4. The molecule has 2 saturated heterocycles. The van der Waals surface area contributed by atoms with Crippen molar-refractivity contribution in [3.8, 4) is 5.75 Å². The molecule has 2 aromatic carbocycles. The summed E-state index contributed by atoms with van der Waals surface area (Å²) in [5.41, 5.74) is 2.61. The van der Waals surface area contributed by atoms with Gasteiger partial charge in [-0.2, -0.15) is 0 Å². The number of benzene rings is 2. The molecular weight excluding hydrogens is 470 g/mol. The number of amides is 1. The van der Waals surface area contributed by atoms with Gasteiger partial charge in [-0.15, -0.1) is 0 Å². The Bertz CT molecular complexity index is 1080. The number of para-hydroxylation sites is 1. The number of aryl methyl sites for hydroxylation is 1. The minimum absolute atomic E-state index is 0.103. The van der Waals surface area contributed by atoms with Gasteiger partial charge >= 0.3 is 0 Å². The van der Waals surface area contributed by atoms with Crippen LogP contribution in [0.4, 0.5) is 17.1 Å². The van der Waals surface area contributed by atoms with Crippen molar-refractivity contribution in [2.45, 2.75) is 6.92 Å². The van der Waals surface area contributed by atoms with Crippen LogP contribution in [0.1, 0.15) is 5.56 Å². The maximum atomic E-state index is 12.3. The highest BCUT2D eigenvalue weighted by atomic mass is 32.1. The number of anilines is 2. The molecule has 2 aliphatic heterocycles. The van der Waals surface area contributed by atoms with Gasteiger partial charge in [-0.1, -0.05) is 18.2 Å². The highest BCUT2D eigenvalue weighted by Gasteiger charge is 2.25. The van der Waals surface area contributed by atoms with E-state index in [1.54, 1.807) is 12.1 Å². The van der Waals surface area contributed by atoms with Gasteiger partial charge in [0.15, 0.2) is 11.7 Å². The number of thiocarbonyl (C=S) groups is 1. The highest BCUT2D eigenvalue weighted by molar-refractivity contribution is 7.80. The Kier molecular flexibility index (Phi) is 7.98. The summed E-state index contributed by atoms with van der Waals surface area (Å²) in [5.74, 6) is 0.368. The number of carbonyl (C=O) groups is 1. The van der Waals surface area contributed by atoms with Crippen LogP contribution in [0.2, 0.25) is 0 Å². The maximum absolute atomic E-state index is 12.3. The van der Waals surface area contributed by atoms with Gasteiger partial charge in [-0.25, -0.2) is 0 Å². The summed E-state index contributed by atoms with van der Waals surface area (Å²) in [4.78, 5) is 29.7. The number of carbonyl (C=O) groups excluding carboxylic acids is 1. The number of ether oxygens (including phenoxy) is 2. The number of rotatable bonds is 6. The summed E-state index contributed by atoms with van der Waals surface area (Å²) in [5, 5.41) is 14.7. The second-order valence-electron chi connectivity index (χ2n) is 8.41. The Labute approximate surface area is 209 Å². The number of morpholine rings is 1. The fourth-order valence-corrected chi connectivity index (χ4v) is 4.48. The van der Waals surface area contributed by atoms with Crippen LogP contribution in [0.3, 0.4) is 0 Å². The Balaban J connectivity index is 1.31. The summed E-state index contributed by atoms with van der Waals surface area (Å²) >= 11 is 5.44. The molecule has 0 aromatic heterocycles. The van der Waals surface area contributed by atoms with E-state index in [-0.39, 0.29) is 23.1 Å². The fraction of sp³-hybridized carbons (Fsp3) is 0.417. The SMILES string of the molecule is Cc1ccccc1OCC(=O)NC(=S)N1CCN(c2ccc([N+](=O)[O-])c(N3CCOCC3)c2)CC1. The third kappa shape index (κ3) is 6.17. The van der Waals surface area contributed by atoms with Gasteiger partial charge in [0.05, 0.1) is 18.1 Å². The summed E-state index contributed by atoms with van der Waals surface area (Å²) in [6.45, 7) is 6.78. The molecule has 0 radical (unpaired) electrons. The predicted octanol–water partition coefficient (Wildman–Crippen LogP) is 2.34. The summed E-state index contributed by atoms with van der Waals surface area (Å²) in [6, 6.07) is 12.8. The smallest absolute Gasteiger partial charge is 0.292 e. The van der Waals surface area contributed by atoms with E-state index >= 15 is 0 Å². The minimum atomic E-state index is -0.337. The Morgan fingerprint density at radius 3 is 2.49 bits per heavy atom. The molecule has 10 nitrogen and oxygen atoms in total. The van der Waals surface area contributed by atoms with Crippen molar-refractivity contribution in [2.24, 2.45) is 0 Å². The monoisotopic (exact) mass is 499 g/mol. The number of hydrogen-bond donors (Lipinski definition) is 1. The van der Waals surface area contributed by atoms with Crippen molar-refractivity contribution in [1.82, 2.24) is 10.2 Å². The molecule has 0 aliphatic carbocycles. The summed E-state index contributed by atoms with van der Waals surface area (Å²) in [7, 11) is 0. The topological polar surface area (TPSA) is 100 Å². The van der Waals surface area contributed by atoms with Crippen molar-refractivity contribution in [3.63, 3.8) is 0 Å². The molecule has 0 atom stereocenters. The Hall–Kier alpha value is -3.44. The first-order valence-corrected chi connectivity index (χ1v) is 12.0.